The van der Waals surface area contributed by atoms with E-state index in [4.69, 9.17) is 4.55 Å². The van der Waals surface area contributed by atoms with E-state index in [1.54, 1.807) is 12.4 Å². The van der Waals surface area contributed by atoms with E-state index < -0.39 is 40.1 Å². The predicted molar refractivity (Wildman–Crippen MR) is 93.2 cm³/mol. The first-order chi connectivity index (χ1) is 12.8. The quantitative estimate of drug-likeness (QED) is 0.264. The van der Waals surface area contributed by atoms with Crippen LogP contribution in [0.15, 0.2) is 30.6 Å². The molecule has 0 fully saturated rings. The van der Waals surface area contributed by atoms with Crippen molar-refractivity contribution >= 4 is 10.1 Å². The van der Waals surface area contributed by atoms with Crippen LogP contribution < -0.4 is 0 Å². The summed E-state index contributed by atoms with van der Waals surface area (Å²) in [6.07, 6.45) is 5.61. The molecule has 11 heteroatoms. The fraction of sp³-hybridized carbons (Fsp3) is 0.706. The SMILES string of the molecule is CCCCCCCCCC(F)(F)C(F)(F)C(F)(F)S(=O)(=O)O.c1ccncc1. The van der Waals surface area contributed by atoms with Crippen LogP contribution in [0.4, 0.5) is 26.3 Å². The maximum atomic E-state index is 13.3. The fourth-order valence-electron chi connectivity index (χ4n) is 2.15. The van der Waals surface area contributed by atoms with Crippen LogP contribution in [-0.4, -0.2) is 35.1 Å². The van der Waals surface area contributed by atoms with Gasteiger partial charge in [-0.3, -0.25) is 9.54 Å². The molecule has 0 aliphatic rings. The predicted octanol–water partition coefficient (Wildman–Crippen LogP) is 5.96. The molecule has 1 aromatic rings. The lowest BCUT2D eigenvalue weighted by Gasteiger charge is -2.30. The van der Waals surface area contributed by atoms with Crippen LogP contribution in [0.25, 0.3) is 0 Å². The highest BCUT2D eigenvalue weighted by atomic mass is 32.2. The summed E-state index contributed by atoms with van der Waals surface area (Å²) >= 11 is 0. The fourth-order valence-corrected chi connectivity index (χ4v) is 2.62. The Morgan fingerprint density at radius 1 is 0.821 bits per heavy atom. The molecule has 0 atom stereocenters. The molecule has 1 aromatic heterocycles. The van der Waals surface area contributed by atoms with Crippen molar-refractivity contribution < 1.29 is 39.3 Å². The monoisotopic (exact) mass is 437 g/mol. The molecule has 0 amide bonds. The van der Waals surface area contributed by atoms with Crippen molar-refractivity contribution in [1.82, 2.24) is 4.98 Å². The number of rotatable bonds is 11. The Bertz CT molecular complexity index is 615. The Labute approximate surface area is 161 Å². The van der Waals surface area contributed by atoms with E-state index in [0.29, 0.717) is 6.42 Å². The van der Waals surface area contributed by atoms with Gasteiger partial charge in [0.05, 0.1) is 0 Å². The third-order valence-electron chi connectivity index (χ3n) is 3.81. The number of unbranched alkanes of at least 4 members (excludes halogenated alkanes) is 6. The highest BCUT2D eigenvalue weighted by Gasteiger charge is 2.76. The first-order valence-electron chi connectivity index (χ1n) is 8.76. The van der Waals surface area contributed by atoms with Gasteiger partial charge in [0.25, 0.3) is 0 Å². The topological polar surface area (TPSA) is 67.3 Å². The van der Waals surface area contributed by atoms with E-state index in [-0.39, 0.29) is 6.42 Å². The summed E-state index contributed by atoms with van der Waals surface area (Å²) in [5, 5.41) is -6.25. The van der Waals surface area contributed by atoms with Crippen molar-refractivity contribution in [2.24, 2.45) is 0 Å². The van der Waals surface area contributed by atoms with Crippen molar-refractivity contribution in [2.75, 3.05) is 0 Å². The number of pyridine rings is 1. The first-order valence-corrected chi connectivity index (χ1v) is 10.2. The smallest absolute Gasteiger partial charge is 0.281 e. The van der Waals surface area contributed by atoms with Gasteiger partial charge in [-0.05, 0) is 18.6 Å². The molecule has 0 unspecified atom stereocenters. The second-order valence-electron chi connectivity index (χ2n) is 6.17. The third kappa shape index (κ3) is 7.94. The van der Waals surface area contributed by atoms with Crippen LogP contribution in [0.2, 0.25) is 0 Å². The van der Waals surface area contributed by atoms with Crippen LogP contribution in [0, 0.1) is 0 Å². The molecule has 0 saturated carbocycles. The van der Waals surface area contributed by atoms with Gasteiger partial charge >= 0.3 is 27.2 Å². The zero-order valence-electron chi connectivity index (χ0n) is 15.4. The highest BCUT2D eigenvalue weighted by molar-refractivity contribution is 7.87. The number of hydrogen-bond acceptors (Lipinski definition) is 3. The molecule has 1 heterocycles. The van der Waals surface area contributed by atoms with Gasteiger partial charge in [-0.25, -0.2) is 0 Å². The van der Waals surface area contributed by atoms with Crippen LogP contribution in [0.1, 0.15) is 58.3 Å². The Hall–Kier alpha value is -1.36. The van der Waals surface area contributed by atoms with Crippen molar-refractivity contribution in [1.29, 1.82) is 0 Å². The van der Waals surface area contributed by atoms with Gasteiger partial charge in [0, 0.05) is 18.8 Å². The minimum Gasteiger partial charge on any atom is -0.281 e. The second-order valence-corrected chi connectivity index (χ2v) is 7.63. The van der Waals surface area contributed by atoms with Gasteiger partial charge in [0.1, 0.15) is 0 Å². The van der Waals surface area contributed by atoms with Gasteiger partial charge < -0.3 is 0 Å². The van der Waals surface area contributed by atoms with Gasteiger partial charge in [-0.1, -0.05) is 51.5 Å². The van der Waals surface area contributed by atoms with Crippen LogP contribution in [-0.2, 0) is 10.1 Å². The Kier molecular flexibility index (Phi) is 11.0. The minimum absolute atomic E-state index is 0.146. The average Bonchev–Trinajstić information content (AvgIpc) is 2.61. The molecule has 0 saturated heterocycles. The molecule has 1 rings (SSSR count). The van der Waals surface area contributed by atoms with Crippen molar-refractivity contribution in [3.63, 3.8) is 0 Å². The molecule has 164 valence electrons. The molecular weight excluding hydrogens is 412 g/mol. The zero-order chi connectivity index (χ0) is 21.9. The highest BCUT2D eigenvalue weighted by Crippen LogP contribution is 2.50. The van der Waals surface area contributed by atoms with E-state index in [0.717, 1.165) is 25.7 Å². The molecular formula is C17H25F6NO3S. The summed E-state index contributed by atoms with van der Waals surface area (Å²) < 4.78 is 107. The molecule has 0 aromatic carbocycles. The van der Waals surface area contributed by atoms with Crippen LogP contribution in [0.3, 0.4) is 0 Å². The summed E-state index contributed by atoms with van der Waals surface area (Å²) in [6.45, 7) is 1.97. The van der Waals surface area contributed by atoms with E-state index in [9.17, 15) is 34.8 Å². The summed E-state index contributed by atoms with van der Waals surface area (Å²) in [7, 11) is -6.65. The summed E-state index contributed by atoms with van der Waals surface area (Å²) in [4.78, 5) is 3.78. The molecule has 1 N–H and O–H groups in total. The number of hydrogen-bond donors (Lipinski definition) is 1. The second kappa shape index (κ2) is 11.6. The standard InChI is InChI=1S/C12H20F6O3S.C5H5N/c1-2-3-4-5-6-7-8-9-10(13,14)11(15,16)12(17,18)22(19,20)21;1-2-4-6-5-3-1/h2-9H2,1H3,(H,19,20,21);1-5H. The third-order valence-corrected chi connectivity index (χ3v) is 4.71. The Morgan fingerprint density at radius 2 is 1.29 bits per heavy atom. The maximum absolute atomic E-state index is 13.3. The van der Waals surface area contributed by atoms with E-state index in [1.165, 1.54) is 0 Å². The Morgan fingerprint density at radius 3 is 1.64 bits per heavy atom. The lowest BCUT2D eigenvalue weighted by Crippen LogP contribution is -2.57. The maximum Gasteiger partial charge on any atom is 0.437 e. The summed E-state index contributed by atoms with van der Waals surface area (Å²) in [5.41, 5.74) is 0. The zero-order valence-corrected chi connectivity index (χ0v) is 16.2. The van der Waals surface area contributed by atoms with Crippen molar-refractivity contribution in [3.05, 3.63) is 30.6 Å². The summed E-state index contributed by atoms with van der Waals surface area (Å²) in [6, 6.07) is 5.72. The van der Waals surface area contributed by atoms with Crippen molar-refractivity contribution in [3.8, 4) is 0 Å². The van der Waals surface area contributed by atoms with Gasteiger partial charge in [0.15, 0.2) is 0 Å². The number of alkyl halides is 6. The molecule has 0 radical (unpaired) electrons. The van der Waals surface area contributed by atoms with E-state index >= 15 is 0 Å². The lowest BCUT2D eigenvalue weighted by atomic mass is 10.0. The molecule has 4 nitrogen and oxygen atoms in total. The lowest BCUT2D eigenvalue weighted by molar-refractivity contribution is -0.282. The molecule has 28 heavy (non-hydrogen) atoms. The van der Waals surface area contributed by atoms with Crippen molar-refractivity contribution in [2.45, 2.75) is 75.4 Å². The van der Waals surface area contributed by atoms with Crippen LogP contribution in [0.5, 0.6) is 0 Å². The largest absolute Gasteiger partial charge is 0.437 e. The molecule has 0 aliphatic heterocycles. The number of aromatic nitrogens is 1. The molecule has 0 spiro atoms. The van der Waals surface area contributed by atoms with Gasteiger partial charge in [-0.15, -0.1) is 0 Å². The van der Waals surface area contributed by atoms with E-state index in [1.807, 2.05) is 25.1 Å². The molecule has 0 aliphatic carbocycles. The Balaban J connectivity index is 0.00000102. The number of nitrogens with zero attached hydrogens (tertiary/aromatic N) is 1. The average molecular weight is 437 g/mol. The summed E-state index contributed by atoms with van der Waals surface area (Å²) in [5.74, 6) is -11.4. The minimum atomic E-state index is -6.65. The normalized spacial score (nSPS) is 13.0. The number of halogens is 6. The van der Waals surface area contributed by atoms with Crippen LogP contribution >= 0.6 is 0 Å². The molecule has 0 bridgehead atoms. The first kappa shape index (κ1) is 26.6. The van der Waals surface area contributed by atoms with Gasteiger partial charge in [-0.2, -0.15) is 34.8 Å². The van der Waals surface area contributed by atoms with Gasteiger partial charge in [0.2, 0.25) is 0 Å². The van der Waals surface area contributed by atoms with E-state index in [2.05, 4.69) is 4.98 Å².